The maximum absolute atomic E-state index is 13.2. The van der Waals surface area contributed by atoms with Crippen molar-refractivity contribution in [2.24, 2.45) is 0 Å². The number of pyridine rings is 1. The number of imide groups is 1. The number of carbonyl (C=O) groups is 2. The predicted molar refractivity (Wildman–Crippen MR) is 115 cm³/mol. The van der Waals surface area contributed by atoms with Crippen LogP contribution in [0.1, 0.15) is 10.4 Å². The smallest absolute Gasteiger partial charge is 0.278 e. The van der Waals surface area contributed by atoms with E-state index in [0.29, 0.717) is 11.3 Å². The van der Waals surface area contributed by atoms with Crippen molar-refractivity contribution in [1.82, 2.24) is 9.88 Å². The highest BCUT2D eigenvalue weighted by Crippen LogP contribution is 2.33. The summed E-state index contributed by atoms with van der Waals surface area (Å²) in [6.07, 6.45) is 3.33. The number of amides is 2. The molecule has 1 aromatic carbocycles. The molecule has 1 aliphatic heterocycles. The van der Waals surface area contributed by atoms with Crippen LogP contribution in [0.4, 0.5) is 11.4 Å². The van der Waals surface area contributed by atoms with Gasteiger partial charge in [0.05, 0.1) is 12.1 Å². The van der Waals surface area contributed by atoms with Gasteiger partial charge in [0, 0.05) is 42.7 Å². The van der Waals surface area contributed by atoms with E-state index >= 15 is 0 Å². The Morgan fingerprint density at radius 1 is 1.03 bits per heavy atom. The first-order valence-electron chi connectivity index (χ1n) is 9.12. The van der Waals surface area contributed by atoms with Crippen molar-refractivity contribution in [3.8, 4) is 0 Å². The van der Waals surface area contributed by atoms with E-state index in [0.717, 1.165) is 21.8 Å². The summed E-state index contributed by atoms with van der Waals surface area (Å²) >= 11 is 1.44. The second-order valence-electron chi connectivity index (χ2n) is 6.85. The van der Waals surface area contributed by atoms with Gasteiger partial charge < -0.3 is 10.2 Å². The lowest BCUT2D eigenvalue weighted by atomic mass is 10.1. The van der Waals surface area contributed by atoms with E-state index in [-0.39, 0.29) is 18.4 Å². The Bertz CT molecular complexity index is 1060. The summed E-state index contributed by atoms with van der Waals surface area (Å²) in [7, 11) is 3.94. The zero-order valence-electron chi connectivity index (χ0n) is 16.1. The number of nitrogens with zero attached hydrogens (tertiary/aromatic N) is 3. The van der Waals surface area contributed by atoms with Crippen molar-refractivity contribution in [3.63, 3.8) is 0 Å². The first kappa shape index (κ1) is 18.9. The minimum atomic E-state index is -0.334. The van der Waals surface area contributed by atoms with Crippen LogP contribution in [0.2, 0.25) is 0 Å². The normalized spacial score (nSPS) is 13.9. The molecule has 146 valence electrons. The van der Waals surface area contributed by atoms with Gasteiger partial charge in [-0.3, -0.25) is 19.5 Å². The fourth-order valence-electron chi connectivity index (χ4n) is 3.15. The van der Waals surface area contributed by atoms with E-state index in [4.69, 9.17) is 0 Å². The summed E-state index contributed by atoms with van der Waals surface area (Å²) in [6.45, 7) is 0.186. The lowest BCUT2D eigenvalue weighted by Gasteiger charge is -2.15. The molecule has 1 aliphatic rings. The summed E-state index contributed by atoms with van der Waals surface area (Å²) in [5.41, 5.74) is 3.32. The van der Waals surface area contributed by atoms with Crippen LogP contribution in [0.5, 0.6) is 0 Å². The highest BCUT2D eigenvalue weighted by atomic mass is 32.1. The average molecular weight is 404 g/mol. The Morgan fingerprint density at radius 2 is 1.83 bits per heavy atom. The van der Waals surface area contributed by atoms with Crippen LogP contribution in [0.3, 0.4) is 0 Å². The van der Waals surface area contributed by atoms with Crippen molar-refractivity contribution in [2.45, 2.75) is 6.54 Å². The zero-order valence-corrected chi connectivity index (χ0v) is 16.9. The molecule has 0 atom stereocenters. The first-order valence-corrected chi connectivity index (χ1v) is 10.00. The van der Waals surface area contributed by atoms with Crippen molar-refractivity contribution < 1.29 is 9.59 Å². The molecule has 0 saturated heterocycles. The maximum Gasteiger partial charge on any atom is 0.278 e. The second-order valence-corrected chi connectivity index (χ2v) is 7.80. The molecule has 0 saturated carbocycles. The molecule has 4 rings (SSSR count). The summed E-state index contributed by atoms with van der Waals surface area (Å²) in [5, 5.41) is 5.08. The van der Waals surface area contributed by atoms with Crippen molar-refractivity contribution in [3.05, 3.63) is 82.4 Å². The number of hydrogen-bond acceptors (Lipinski definition) is 6. The van der Waals surface area contributed by atoms with Gasteiger partial charge in [-0.25, -0.2) is 0 Å². The van der Waals surface area contributed by atoms with E-state index in [9.17, 15) is 9.59 Å². The van der Waals surface area contributed by atoms with E-state index in [2.05, 4.69) is 10.3 Å². The van der Waals surface area contributed by atoms with Gasteiger partial charge in [-0.05, 0) is 47.3 Å². The van der Waals surface area contributed by atoms with Gasteiger partial charge in [-0.1, -0.05) is 12.1 Å². The largest absolute Gasteiger partial charge is 0.378 e. The molecule has 1 N–H and O–H groups in total. The van der Waals surface area contributed by atoms with Crippen LogP contribution >= 0.6 is 11.3 Å². The Kier molecular flexibility index (Phi) is 5.14. The standard InChI is InChI=1S/C22H20N4O2S/c1-25(2)17-9-7-16(8-10-17)24-20-19(18-6-4-12-29-18)21(27)26(22(20)28)14-15-5-3-11-23-13-15/h3-13,24H,14H2,1-2H3. The molecule has 7 heteroatoms. The number of aromatic nitrogens is 1. The molecule has 2 aromatic heterocycles. The van der Waals surface area contributed by atoms with Gasteiger partial charge in [0.25, 0.3) is 11.8 Å². The van der Waals surface area contributed by atoms with E-state index in [1.165, 1.54) is 16.2 Å². The van der Waals surface area contributed by atoms with Gasteiger partial charge in [0.15, 0.2) is 0 Å². The third-order valence-electron chi connectivity index (χ3n) is 4.65. The van der Waals surface area contributed by atoms with Crippen LogP contribution in [0, 0.1) is 0 Å². The van der Waals surface area contributed by atoms with Crippen LogP contribution < -0.4 is 10.2 Å². The number of thiophene rings is 1. The minimum absolute atomic E-state index is 0.186. The molecule has 0 spiro atoms. The molecule has 6 nitrogen and oxygen atoms in total. The topological polar surface area (TPSA) is 65.5 Å². The summed E-state index contributed by atoms with van der Waals surface area (Å²) in [5.74, 6) is -0.632. The highest BCUT2D eigenvalue weighted by molar-refractivity contribution is 7.11. The first-order chi connectivity index (χ1) is 14.0. The SMILES string of the molecule is CN(C)c1ccc(NC2=C(c3cccs3)C(=O)N(Cc3cccnc3)C2=O)cc1. The van der Waals surface area contributed by atoms with Gasteiger partial charge in [-0.2, -0.15) is 0 Å². The maximum atomic E-state index is 13.2. The third kappa shape index (κ3) is 3.77. The quantitative estimate of drug-likeness (QED) is 0.636. The van der Waals surface area contributed by atoms with Gasteiger partial charge in [0.2, 0.25) is 0 Å². The van der Waals surface area contributed by atoms with E-state index in [1.54, 1.807) is 18.5 Å². The molecule has 0 fully saturated rings. The molecule has 0 aliphatic carbocycles. The van der Waals surface area contributed by atoms with Crippen LogP contribution in [-0.2, 0) is 16.1 Å². The molecule has 0 radical (unpaired) electrons. The van der Waals surface area contributed by atoms with Gasteiger partial charge in [0.1, 0.15) is 5.70 Å². The number of anilines is 2. The lowest BCUT2D eigenvalue weighted by molar-refractivity contribution is -0.137. The number of carbonyl (C=O) groups excluding carboxylic acids is 2. The van der Waals surface area contributed by atoms with E-state index < -0.39 is 0 Å². The molecular weight excluding hydrogens is 384 g/mol. The zero-order chi connectivity index (χ0) is 20.4. The number of hydrogen-bond donors (Lipinski definition) is 1. The molecular formula is C22H20N4O2S. The fraction of sp³-hybridized carbons (Fsp3) is 0.136. The Balaban J connectivity index is 1.67. The van der Waals surface area contributed by atoms with Crippen molar-refractivity contribution in [1.29, 1.82) is 0 Å². The summed E-state index contributed by atoms with van der Waals surface area (Å²) in [4.78, 5) is 34.4. The number of benzene rings is 1. The molecule has 29 heavy (non-hydrogen) atoms. The Morgan fingerprint density at radius 3 is 2.45 bits per heavy atom. The third-order valence-corrected chi connectivity index (χ3v) is 5.54. The van der Waals surface area contributed by atoms with Crippen molar-refractivity contribution >= 4 is 40.1 Å². The molecule has 3 aromatic rings. The van der Waals surface area contributed by atoms with Crippen LogP contribution in [-0.4, -0.2) is 35.8 Å². The van der Waals surface area contributed by atoms with Gasteiger partial charge in [-0.15, -0.1) is 11.3 Å². The molecule has 0 unspecified atom stereocenters. The summed E-state index contributed by atoms with van der Waals surface area (Å²) < 4.78 is 0. The summed E-state index contributed by atoms with van der Waals surface area (Å²) in [6, 6.07) is 15.1. The molecule has 0 bridgehead atoms. The van der Waals surface area contributed by atoms with Crippen molar-refractivity contribution in [2.75, 3.05) is 24.3 Å². The molecule has 3 heterocycles. The van der Waals surface area contributed by atoms with Crippen LogP contribution in [0.15, 0.2) is 72.0 Å². The highest BCUT2D eigenvalue weighted by Gasteiger charge is 2.39. The Labute approximate surface area is 173 Å². The monoisotopic (exact) mass is 404 g/mol. The fourth-order valence-corrected chi connectivity index (χ4v) is 3.91. The predicted octanol–water partition coefficient (Wildman–Crippen LogP) is 3.60. The Hall–Kier alpha value is -3.45. The lowest BCUT2D eigenvalue weighted by Crippen LogP contribution is -2.32. The second kappa shape index (κ2) is 7.89. The minimum Gasteiger partial charge on any atom is -0.378 e. The molecule has 2 amide bonds. The number of rotatable bonds is 6. The average Bonchev–Trinajstić information content (AvgIpc) is 3.33. The van der Waals surface area contributed by atoms with Gasteiger partial charge >= 0.3 is 0 Å². The van der Waals surface area contributed by atoms with E-state index in [1.807, 2.05) is 66.8 Å². The van der Waals surface area contributed by atoms with Crippen LogP contribution in [0.25, 0.3) is 5.57 Å². The number of nitrogens with one attached hydrogen (secondary N) is 1.